The quantitative estimate of drug-likeness (QED) is 0.940. The molecule has 1 heterocycles. The van der Waals surface area contributed by atoms with Gasteiger partial charge in [-0.2, -0.15) is 0 Å². The van der Waals surface area contributed by atoms with Gasteiger partial charge in [0.2, 0.25) is 0 Å². The SMILES string of the molecule is CN(c1ccccc1)C1CCN(C2Cc3ccccc3C2O)CC1. The third-order valence-electron chi connectivity index (χ3n) is 5.85. The molecule has 2 aromatic rings. The monoisotopic (exact) mass is 322 g/mol. The molecule has 1 aliphatic carbocycles. The van der Waals surface area contributed by atoms with E-state index in [0.717, 1.165) is 37.9 Å². The third-order valence-corrected chi connectivity index (χ3v) is 5.85. The van der Waals surface area contributed by atoms with Gasteiger partial charge in [-0.25, -0.2) is 0 Å². The van der Waals surface area contributed by atoms with Crippen LogP contribution in [0.5, 0.6) is 0 Å². The van der Waals surface area contributed by atoms with Crippen LogP contribution in [-0.2, 0) is 6.42 Å². The number of fused-ring (bicyclic) bond motifs is 1. The molecule has 3 nitrogen and oxygen atoms in total. The van der Waals surface area contributed by atoms with Crippen LogP contribution in [-0.4, -0.2) is 42.2 Å². The number of piperidine rings is 1. The summed E-state index contributed by atoms with van der Waals surface area (Å²) in [4.78, 5) is 4.91. The molecule has 1 saturated heterocycles. The van der Waals surface area contributed by atoms with Gasteiger partial charge in [0, 0.05) is 37.9 Å². The van der Waals surface area contributed by atoms with Gasteiger partial charge in [-0.05, 0) is 42.5 Å². The Labute approximate surface area is 144 Å². The van der Waals surface area contributed by atoms with Crippen molar-refractivity contribution in [3.05, 3.63) is 65.7 Å². The van der Waals surface area contributed by atoms with Crippen molar-refractivity contribution in [3.8, 4) is 0 Å². The summed E-state index contributed by atoms with van der Waals surface area (Å²) in [5.74, 6) is 0. The Balaban J connectivity index is 1.39. The van der Waals surface area contributed by atoms with Crippen LogP contribution in [0.3, 0.4) is 0 Å². The number of aliphatic hydroxyl groups is 1. The summed E-state index contributed by atoms with van der Waals surface area (Å²) in [6.45, 7) is 2.13. The van der Waals surface area contributed by atoms with Gasteiger partial charge in [0.1, 0.15) is 0 Å². The predicted molar refractivity (Wildman–Crippen MR) is 98.3 cm³/mol. The minimum atomic E-state index is -0.329. The molecule has 1 aliphatic heterocycles. The topological polar surface area (TPSA) is 26.7 Å². The average molecular weight is 322 g/mol. The fourth-order valence-corrected chi connectivity index (χ4v) is 4.36. The van der Waals surface area contributed by atoms with E-state index >= 15 is 0 Å². The van der Waals surface area contributed by atoms with E-state index in [4.69, 9.17) is 0 Å². The maximum atomic E-state index is 10.7. The molecule has 0 amide bonds. The van der Waals surface area contributed by atoms with Gasteiger partial charge < -0.3 is 10.0 Å². The van der Waals surface area contributed by atoms with E-state index in [1.54, 1.807) is 0 Å². The zero-order valence-electron chi connectivity index (χ0n) is 14.3. The zero-order valence-corrected chi connectivity index (χ0v) is 14.3. The molecule has 2 atom stereocenters. The number of rotatable bonds is 3. The summed E-state index contributed by atoms with van der Waals surface area (Å²) in [5.41, 5.74) is 3.74. The lowest BCUT2D eigenvalue weighted by molar-refractivity contribution is 0.0459. The summed E-state index contributed by atoms with van der Waals surface area (Å²) in [6, 6.07) is 19.8. The molecular formula is C21H26N2O. The van der Waals surface area contributed by atoms with Crippen molar-refractivity contribution in [1.82, 2.24) is 4.90 Å². The first-order valence-corrected chi connectivity index (χ1v) is 9.02. The van der Waals surface area contributed by atoms with Gasteiger partial charge in [-0.15, -0.1) is 0 Å². The standard InChI is InChI=1S/C21H26N2O/c1-22(17-8-3-2-4-9-17)18-11-13-23(14-12-18)20-15-16-7-5-6-10-19(16)21(20)24/h2-10,18,20-21,24H,11-15H2,1H3. The molecule has 2 unspecified atom stereocenters. The number of hydrogen-bond donors (Lipinski definition) is 1. The van der Waals surface area contributed by atoms with Crippen LogP contribution in [0.4, 0.5) is 5.69 Å². The number of nitrogens with zero attached hydrogens (tertiary/aromatic N) is 2. The third kappa shape index (κ3) is 2.83. The van der Waals surface area contributed by atoms with Gasteiger partial charge in [0.25, 0.3) is 0 Å². The summed E-state index contributed by atoms with van der Waals surface area (Å²) in [7, 11) is 2.20. The zero-order chi connectivity index (χ0) is 16.5. The Morgan fingerprint density at radius 1 is 0.958 bits per heavy atom. The van der Waals surface area contributed by atoms with Crippen LogP contribution in [0.15, 0.2) is 54.6 Å². The molecule has 0 bridgehead atoms. The summed E-state index contributed by atoms with van der Waals surface area (Å²) in [6.07, 6.45) is 2.97. The molecule has 1 fully saturated rings. The van der Waals surface area contributed by atoms with Crippen LogP contribution in [0, 0.1) is 0 Å². The first-order valence-electron chi connectivity index (χ1n) is 9.02. The summed E-state index contributed by atoms with van der Waals surface area (Å²) < 4.78 is 0. The van der Waals surface area contributed by atoms with Crippen molar-refractivity contribution in [2.75, 3.05) is 25.0 Å². The molecule has 0 spiro atoms. The molecule has 0 aromatic heterocycles. The molecule has 3 heteroatoms. The van der Waals surface area contributed by atoms with E-state index in [9.17, 15) is 5.11 Å². The molecule has 24 heavy (non-hydrogen) atoms. The van der Waals surface area contributed by atoms with Crippen LogP contribution in [0.1, 0.15) is 30.1 Å². The van der Waals surface area contributed by atoms with E-state index in [-0.39, 0.29) is 12.1 Å². The van der Waals surface area contributed by atoms with E-state index in [1.807, 2.05) is 6.07 Å². The second kappa shape index (κ2) is 6.58. The van der Waals surface area contributed by atoms with Gasteiger partial charge in [-0.3, -0.25) is 4.90 Å². The normalized spacial score (nSPS) is 24.8. The number of para-hydroxylation sites is 1. The lowest BCUT2D eigenvalue weighted by atomic mass is 9.99. The van der Waals surface area contributed by atoms with Crippen molar-refractivity contribution in [2.24, 2.45) is 0 Å². The van der Waals surface area contributed by atoms with Crippen LogP contribution in [0.25, 0.3) is 0 Å². The first-order chi connectivity index (χ1) is 11.7. The Kier molecular flexibility index (Phi) is 4.30. The Morgan fingerprint density at radius 3 is 2.33 bits per heavy atom. The fourth-order valence-electron chi connectivity index (χ4n) is 4.36. The van der Waals surface area contributed by atoms with Crippen LogP contribution in [0.2, 0.25) is 0 Å². The van der Waals surface area contributed by atoms with E-state index in [0.29, 0.717) is 6.04 Å². The molecule has 0 saturated carbocycles. The van der Waals surface area contributed by atoms with Crippen molar-refractivity contribution in [3.63, 3.8) is 0 Å². The lowest BCUT2D eigenvalue weighted by Gasteiger charge is -2.41. The minimum absolute atomic E-state index is 0.255. The maximum Gasteiger partial charge on any atom is 0.0951 e. The fraction of sp³-hybridized carbons (Fsp3) is 0.429. The lowest BCUT2D eigenvalue weighted by Crippen LogP contribution is -2.48. The van der Waals surface area contributed by atoms with E-state index in [1.165, 1.54) is 11.3 Å². The number of hydrogen-bond acceptors (Lipinski definition) is 3. The van der Waals surface area contributed by atoms with Gasteiger partial charge in [0.05, 0.1) is 6.10 Å². The first kappa shape index (κ1) is 15.7. The van der Waals surface area contributed by atoms with Crippen molar-refractivity contribution >= 4 is 5.69 Å². The van der Waals surface area contributed by atoms with Crippen molar-refractivity contribution < 1.29 is 5.11 Å². The average Bonchev–Trinajstić information content (AvgIpc) is 2.99. The Bertz CT molecular complexity index is 679. The second-order valence-corrected chi connectivity index (χ2v) is 7.13. The smallest absolute Gasteiger partial charge is 0.0951 e. The van der Waals surface area contributed by atoms with Gasteiger partial charge in [-0.1, -0.05) is 42.5 Å². The number of benzene rings is 2. The second-order valence-electron chi connectivity index (χ2n) is 7.13. The predicted octanol–water partition coefficient (Wildman–Crippen LogP) is 3.25. The van der Waals surface area contributed by atoms with Gasteiger partial charge in [0.15, 0.2) is 0 Å². The molecule has 126 valence electrons. The Hall–Kier alpha value is -1.84. The molecule has 2 aromatic carbocycles. The highest BCUT2D eigenvalue weighted by atomic mass is 16.3. The van der Waals surface area contributed by atoms with Crippen molar-refractivity contribution in [1.29, 1.82) is 0 Å². The number of likely N-dealkylation sites (tertiary alicyclic amines) is 1. The molecule has 0 radical (unpaired) electrons. The molecule has 4 rings (SSSR count). The van der Waals surface area contributed by atoms with Crippen LogP contribution >= 0.6 is 0 Å². The summed E-state index contributed by atoms with van der Waals surface area (Å²) in [5, 5.41) is 10.7. The van der Waals surface area contributed by atoms with E-state index in [2.05, 4.69) is 65.4 Å². The highest BCUT2D eigenvalue weighted by Crippen LogP contribution is 2.36. The maximum absolute atomic E-state index is 10.7. The highest BCUT2D eigenvalue weighted by Gasteiger charge is 2.36. The van der Waals surface area contributed by atoms with E-state index < -0.39 is 0 Å². The molecule has 2 aliphatic rings. The largest absolute Gasteiger partial charge is 0.387 e. The Morgan fingerprint density at radius 2 is 1.62 bits per heavy atom. The highest BCUT2D eigenvalue weighted by molar-refractivity contribution is 5.46. The molecule has 1 N–H and O–H groups in total. The summed E-state index contributed by atoms with van der Waals surface area (Å²) >= 11 is 0. The van der Waals surface area contributed by atoms with Crippen molar-refractivity contribution in [2.45, 2.75) is 37.5 Å². The van der Waals surface area contributed by atoms with Crippen LogP contribution < -0.4 is 4.90 Å². The number of anilines is 1. The van der Waals surface area contributed by atoms with Gasteiger partial charge >= 0.3 is 0 Å². The minimum Gasteiger partial charge on any atom is -0.387 e. The molecular weight excluding hydrogens is 296 g/mol. The number of aliphatic hydroxyl groups excluding tert-OH is 1.